The monoisotopic (exact) mass is 257 g/mol. The number of aromatic nitrogens is 2. The predicted molar refractivity (Wildman–Crippen MR) is 80.1 cm³/mol. The van der Waals surface area contributed by atoms with Gasteiger partial charge in [-0.25, -0.2) is 4.98 Å². The van der Waals surface area contributed by atoms with E-state index in [9.17, 15) is 0 Å². The van der Waals surface area contributed by atoms with Crippen LogP contribution in [0.15, 0.2) is 18.2 Å². The second kappa shape index (κ2) is 4.55. The molecule has 3 heteroatoms. The van der Waals surface area contributed by atoms with Crippen LogP contribution in [0.5, 0.6) is 0 Å². The number of nitrogen functional groups attached to an aromatic ring is 1. The normalized spacial score (nSPS) is 27.8. The van der Waals surface area contributed by atoms with Crippen molar-refractivity contribution in [2.24, 2.45) is 11.8 Å². The second-order valence-electron chi connectivity index (χ2n) is 6.30. The van der Waals surface area contributed by atoms with E-state index in [0.29, 0.717) is 17.9 Å². The summed E-state index contributed by atoms with van der Waals surface area (Å²) in [6, 6.07) is 6.89. The van der Waals surface area contributed by atoms with E-state index in [1.54, 1.807) is 0 Å². The Labute approximate surface area is 114 Å². The first kappa shape index (κ1) is 12.5. The molecule has 1 aliphatic carbocycles. The van der Waals surface area contributed by atoms with Crippen LogP contribution < -0.4 is 5.73 Å². The molecule has 1 saturated carbocycles. The third-order valence-electron chi connectivity index (χ3n) is 4.59. The van der Waals surface area contributed by atoms with E-state index in [4.69, 9.17) is 5.73 Å². The highest BCUT2D eigenvalue weighted by atomic mass is 15.2. The van der Waals surface area contributed by atoms with Gasteiger partial charge < -0.3 is 10.3 Å². The number of nitrogens with two attached hydrogens (primary N) is 1. The molecule has 0 aliphatic heterocycles. The topological polar surface area (TPSA) is 43.8 Å². The number of hydrogen-bond acceptors (Lipinski definition) is 2. The fraction of sp³-hybridized carbons (Fsp3) is 0.562. The Kier molecular flexibility index (Phi) is 3.00. The number of rotatable bonds is 1. The van der Waals surface area contributed by atoms with Crippen LogP contribution in [-0.4, -0.2) is 9.55 Å². The van der Waals surface area contributed by atoms with E-state index in [0.717, 1.165) is 11.4 Å². The molecular weight excluding hydrogens is 234 g/mol. The van der Waals surface area contributed by atoms with Crippen LogP contribution in [0.1, 0.15) is 44.7 Å². The van der Waals surface area contributed by atoms with Crippen LogP contribution in [0.25, 0.3) is 11.0 Å². The first-order chi connectivity index (χ1) is 9.06. The molecule has 0 radical (unpaired) electrons. The summed E-state index contributed by atoms with van der Waals surface area (Å²) >= 11 is 0. The molecule has 1 aromatic heterocycles. The van der Waals surface area contributed by atoms with Gasteiger partial charge >= 0.3 is 0 Å². The van der Waals surface area contributed by atoms with Crippen LogP contribution in [0.4, 0.5) is 5.95 Å². The molecule has 2 aromatic rings. The maximum absolute atomic E-state index is 6.18. The molecule has 0 amide bonds. The third kappa shape index (κ3) is 2.11. The number of imidazole rings is 1. The molecule has 1 aromatic carbocycles. The van der Waals surface area contributed by atoms with Crippen molar-refractivity contribution >= 4 is 17.0 Å². The Balaban J connectivity index is 2.09. The molecule has 2 N–H and O–H groups in total. The smallest absolute Gasteiger partial charge is 0.201 e. The Morgan fingerprint density at radius 3 is 2.79 bits per heavy atom. The summed E-state index contributed by atoms with van der Waals surface area (Å²) < 4.78 is 2.28. The van der Waals surface area contributed by atoms with Gasteiger partial charge in [0.25, 0.3) is 0 Å². The molecule has 3 unspecified atom stereocenters. The number of hydrogen-bond donors (Lipinski definition) is 1. The first-order valence-corrected chi connectivity index (χ1v) is 7.30. The Morgan fingerprint density at radius 2 is 2.05 bits per heavy atom. The van der Waals surface area contributed by atoms with Crippen LogP contribution in [-0.2, 0) is 0 Å². The second-order valence-corrected chi connectivity index (χ2v) is 6.30. The largest absolute Gasteiger partial charge is 0.369 e. The summed E-state index contributed by atoms with van der Waals surface area (Å²) in [4.78, 5) is 4.52. The number of benzene rings is 1. The lowest BCUT2D eigenvalue weighted by Gasteiger charge is -2.34. The summed E-state index contributed by atoms with van der Waals surface area (Å²) in [6.45, 7) is 6.83. The lowest BCUT2D eigenvalue weighted by molar-refractivity contribution is 0.213. The van der Waals surface area contributed by atoms with Gasteiger partial charge in [0.05, 0.1) is 11.0 Å². The SMILES string of the molecule is Cc1ccc2nc(N)n(C3CCC(C)CC3C)c2c1. The van der Waals surface area contributed by atoms with Crippen molar-refractivity contribution in [1.82, 2.24) is 9.55 Å². The average molecular weight is 257 g/mol. The van der Waals surface area contributed by atoms with Crippen LogP contribution in [0.3, 0.4) is 0 Å². The van der Waals surface area contributed by atoms with Crippen molar-refractivity contribution < 1.29 is 0 Å². The first-order valence-electron chi connectivity index (χ1n) is 7.30. The molecule has 0 spiro atoms. The van der Waals surface area contributed by atoms with E-state index >= 15 is 0 Å². The fourth-order valence-corrected chi connectivity index (χ4v) is 3.60. The van der Waals surface area contributed by atoms with Gasteiger partial charge in [0, 0.05) is 6.04 Å². The molecule has 3 rings (SSSR count). The number of aryl methyl sites for hydroxylation is 1. The molecule has 1 fully saturated rings. The molecular formula is C16H23N3. The third-order valence-corrected chi connectivity index (χ3v) is 4.59. The highest BCUT2D eigenvalue weighted by molar-refractivity contribution is 5.79. The quantitative estimate of drug-likeness (QED) is 0.841. The fourth-order valence-electron chi connectivity index (χ4n) is 3.60. The molecule has 102 valence electrons. The molecule has 1 aliphatic rings. The van der Waals surface area contributed by atoms with E-state index < -0.39 is 0 Å². The van der Waals surface area contributed by atoms with Gasteiger partial charge in [-0.3, -0.25) is 0 Å². The Morgan fingerprint density at radius 1 is 1.26 bits per heavy atom. The van der Waals surface area contributed by atoms with Gasteiger partial charge in [0.2, 0.25) is 5.95 Å². The highest BCUT2D eigenvalue weighted by Crippen LogP contribution is 2.39. The van der Waals surface area contributed by atoms with Crippen molar-refractivity contribution in [3.05, 3.63) is 23.8 Å². The Bertz CT molecular complexity index is 599. The zero-order chi connectivity index (χ0) is 13.6. The van der Waals surface area contributed by atoms with Gasteiger partial charge in [-0.05, 0) is 55.7 Å². The van der Waals surface area contributed by atoms with Crippen molar-refractivity contribution in [2.45, 2.75) is 46.1 Å². The number of nitrogens with zero attached hydrogens (tertiary/aromatic N) is 2. The maximum Gasteiger partial charge on any atom is 0.201 e. The molecule has 3 nitrogen and oxygen atoms in total. The van der Waals surface area contributed by atoms with Crippen molar-refractivity contribution in [2.75, 3.05) is 5.73 Å². The molecule has 1 heterocycles. The summed E-state index contributed by atoms with van der Waals surface area (Å²) in [6.07, 6.45) is 3.79. The van der Waals surface area contributed by atoms with Gasteiger partial charge in [-0.2, -0.15) is 0 Å². The highest BCUT2D eigenvalue weighted by Gasteiger charge is 2.29. The minimum absolute atomic E-state index is 0.503. The lowest BCUT2D eigenvalue weighted by atomic mass is 9.79. The number of fused-ring (bicyclic) bond motifs is 1. The summed E-state index contributed by atoms with van der Waals surface area (Å²) in [5.41, 5.74) is 9.67. The molecule has 0 bridgehead atoms. The zero-order valence-corrected chi connectivity index (χ0v) is 12.1. The van der Waals surface area contributed by atoms with Gasteiger partial charge in [0.1, 0.15) is 0 Å². The predicted octanol–water partition coefficient (Wildman–Crippen LogP) is 3.92. The van der Waals surface area contributed by atoms with Gasteiger partial charge in [0.15, 0.2) is 0 Å². The molecule has 19 heavy (non-hydrogen) atoms. The van der Waals surface area contributed by atoms with Gasteiger partial charge in [-0.15, -0.1) is 0 Å². The van der Waals surface area contributed by atoms with Crippen molar-refractivity contribution in [1.29, 1.82) is 0 Å². The summed E-state index contributed by atoms with van der Waals surface area (Å²) in [5, 5.41) is 0. The molecule has 0 saturated heterocycles. The maximum atomic E-state index is 6.18. The Hall–Kier alpha value is -1.51. The average Bonchev–Trinajstić information content (AvgIpc) is 2.65. The van der Waals surface area contributed by atoms with Crippen LogP contribution in [0.2, 0.25) is 0 Å². The van der Waals surface area contributed by atoms with E-state index in [1.165, 1.54) is 30.3 Å². The van der Waals surface area contributed by atoms with E-state index in [2.05, 4.69) is 48.5 Å². The number of anilines is 1. The summed E-state index contributed by atoms with van der Waals surface area (Å²) in [5.74, 6) is 2.18. The summed E-state index contributed by atoms with van der Waals surface area (Å²) in [7, 11) is 0. The minimum Gasteiger partial charge on any atom is -0.369 e. The zero-order valence-electron chi connectivity index (χ0n) is 12.1. The van der Waals surface area contributed by atoms with Crippen LogP contribution in [0, 0.1) is 18.8 Å². The standard InChI is InChI=1S/C16H23N3/c1-10-5-7-14(12(3)8-10)19-15-9-11(2)4-6-13(15)18-16(19)17/h4,6,9-10,12,14H,5,7-8H2,1-3H3,(H2,17,18). The minimum atomic E-state index is 0.503. The van der Waals surface area contributed by atoms with Gasteiger partial charge in [-0.1, -0.05) is 19.9 Å². The van der Waals surface area contributed by atoms with Crippen molar-refractivity contribution in [3.63, 3.8) is 0 Å². The van der Waals surface area contributed by atoms with E-state index in [-0.39, 0.29) is 0 Å². The lowest BCUT2D eigenvalue weighted by Crippen LogP contribution is -2.25. The molecule has 3 atom stereocenters. The van der Waals surface area contributed by atoms with E-state index in [1.807, 2.05) is 0 Å². The van der Waals surface area contributed by atoms with Crippen molar-refractivity contribution in [3.8, 4) is 0 Å². The van der Waals surface area contributed by atoms with Crippen LogP contribution >= 0.6 is 0 Å².